The number of aryl methyl sites for hydroxylation is 1. The van der Waals surface area contributed by atoms with Crippen LogP contribution in [-0.4, -0.2) is 20.5 Å². The maximum absolute atomic E-state index is 12.3. The number of ketones is 1. The number of sulfonamides is 1. The van der Waals surface area contributed by atoms with Crippen LogP contribution in [0.5, 0.6) is 0 Å². The molecule has 0 heterocycles. The van der Waals surface area contributed by atoms with Crippen molar-refractivity contribution in [2.45, 2.75) is 6.92 Å². The van der Waals surface area contributed by atoms with Gasteiger partial charge in [0.05, 0.1) is 6.26 Å². The van der Waals surface area contributed by atoms with Crippen molar-refractivity contribution in [3.8, 4) is 0 Å². The molecule has 2 rings (SSSR count). The fourth-order valence-electron chi connectivity index (χ4n) is 1.94. The molecule has 0 fully saturated rings. The summed E-state index contributed by atoms with van der Waals surface area (Å²) in [7, 11) is -3.33. The fourth-order valence-corrected chi connectivity index (χ4v) is 2.79. The van der Waals surface area contributed by atoms with Crippen LogP contribution in [0.2, 0.25) is 5.02 Å². The zero-order chi connectivity index (χ0) is 15.6. The molecular weight excluding hydrogens is 310 g/mol. The Balaban J connectivity index is 2.28. The van der Waals surface area contributed by atoms with Gasteiger partial charge in [0, 0.05) is 21.8 Å². The van der Waals surface area contributed by atoms with Crippen molar-refractivity contribution in [2.24, 2.45) is 0 Å². The van der Waals surface area contributed by atoms with Crippen molar-refractivity contribution in [1.82, 2.24) is 0 Å². The van der Waals surface area contributed by atoms with Gasteiger partial charge in [-0.25, -0.2) is 8.42 Å². The molecular formula is C15H14ClNO3S. The number of carbonyl (C=O) groups is 1. The molecule has 1 N–H and O–H groups in total. The Bertz CT molecular complexity index is 763. The zero-order valence-corrected chi connectivity index (χ0v) is 13.1. The van der Waals surface area contributed by atoms with Crippen molar-refractivity contribution in [2.75, 3.05) is 11.0 Å². The van der Waals surface area contributed by atoms with E-state index in [1.807, 2.05) is 6.92 Å². The van der Waals surface area contributed by atoms with Crippen LogP contribution in [0, 0.1) is 6.92 Å². The number of hydrogen-bond acceptors (Lipinski definition) is 3. The van der Waals surface area contributed by atoms with Crippen LogP contribution in [0.25, 0.3) is 0 Å². The van der Waals surface area contributed by atoms with Gasteiger partial charge in [-0.3, -0.25) is 9.52 Å². The number of carbonyl (C=O) groups excluding carboxylic acids is 1. The zero-order valence-electron chi connectivity index (χ0n) is 11.6. The van der Waals surface area contributed by atoms with Gasteiger partial charge in [0.25, 0.3) is 0 Å². The molecule has 2 aromatic rings. The van der Waals surface area contributed by atoms with Gasteiger partial charge >= 0.3 is 0 Å². The molecule has 0 bridgehead atoms. The standard InChI is InChI=1S/C15H14ClNO3S/c1-10-7-12(9-13(16)8-10)15(18)11-3-5-14(6-4-11)17-21(2,19)20/h3-9,17H,1-2H3. The summed E-state index contributed by atoms with van der Waals surface area (Å²) in [6, 6.07) is 11.4. The molecule has 0 aliphatic carbocycles. The Morgan fingerprint density at radius 1 is 1.05 bits per heavy atom. The van der Waals surface area contributed by atoms with E-state index in [0.29, 0.717) is 21.8 Å². The SMILES string of the molecule is Cc1cc(Cl)cc(C(=O)c2ccc(NS(C)(=O)=O)cc2)c1. The number of anilines is 1. The highest BCUT2D eigenvalue weighted by molar-refractivity contribution is 7.92. The fraction of sp³-hybridized carbons (Fsp3) is 0.133. The van der Waals surface area contributed by atoms with Crippen LogP contribution in [0.4, 0.5) is 5.69 Å². The van der Waals surface area contributed by atoms with Gasteiger partial charge in [-0.1, -0.05) is 11.6 Å². The molecule has 0 aliphatic heterocycles. The van der Waals surface area contributed by atoms with E-state index in [0.717, 1.165) is 11.8 Å². The Kier molecular flexibility index (Phi) is 4.34. The first kappa shape index (κ1) is 15.5. The van der Waals surface area contributed by atoms with Crippen LogP contribution in [0.15, 0.2) is 42.5 Å². The molecule has 0 aliphatic rings. The van der Waals surface area contributed by atoms with Gasteiger partial charge in [-0.2, -0.15) is 0 Å². The predicted octanol–water partition coefficient (Wildman–Crippen LogP) is 3.25. The maximum Gasteiger partial charge on any atom is 0.229 e. The number of hydrogen-bond donors (Lipinski definition) is 1. The Labute approximate surface area is 128 Å². The molecule has 0 unspecified atom stereocenters. The molecule has 110 valence electrons. The topological polar surface area (TPSA) is 63.2 Å². The van der Waals surface area contributed by atoms with Crippen LogP contribution in [0.1, 0.15) is 21.5 Å². The summed E-state index contributed by atoms with van der Waals surface area (Å²) in [5.41, 5.74) is 2.29. The van der Waals surface area contributed by atoms with Gasteiger partial charge in [-0.05, 0) is 55.0 Å². The largest absolute Gasteiger partial charge is 0.289 e. The average molecular weight is 324 g/mol. The second-order valence-corrected chi connectivity index (χ2v) is 6.98. The Morgan fingerprint density at radius 2 is 1.67 bits per heavy atom. The van der Waals surface area contributed by atoms with E-state index in [-0.39, 0.29) is 5.78 Å². The van der Waals surface area contributed by atoms with Crippen molar-refractivity contribution in [3.05, 3.63) is 64.2 Å². The maximum atomic E-state index is 12.3. The third-order valence-corrected chi connectivity index (χ3v) is 3.58. The van der Waals surface area contributed by atoms with E-state index in [1.165, 1.54) is 0 Å². The van der Waals surface area contributed by atoms with Gasteiger partial charge in [0.1, 0.15) is 0 Å². The normalized spacial score (nSPS) is 11.2. The van der Waals surface area contributed by atoms with E-state index in [9.17, 15) is 13.2 Å². The first-order valence-electron chi connectivity index (χ1n) is 6.14. The predicted molar refractivity (Wildman–Crippen MR) is 84.5 cm³/mol. The smallest absolute Gasteiger partial charge is 0.229 e. The molecule has 0 saturated heterocycles. The second-order valence-electron chi connectivity index (χ2n) is 4.80. The lowest BCUT2D eigenvalue weighted by Crippen LogP contribution is -2.09. The average Bonchev–Trinajstić information content (AvgIpc) is 2.35. The highest BCUT2D eigenvalue weighted by atomic mass is 35.5. The Hall–Kier alpha value is -1.85. The summed E-state index contributed by atoms with van der Waals surface area (Å²) in [6.45, 7) is 1.86. The third-order valence-electron chi connectivity index (χ3n) is 2.75. The number of nitrogens with one attached hydrogen (secondary N) is 1. The van der Waals surface area contributed by atoms with Crippen molar-refractivity contribution in [1.29, 1.82) is 0 Å². The van der Waals surface area contributed by atoms with E-state index < -0.39 is 10.0 Å². The van der Waals surface area contributed by atoms with Crippen LogP contribution in [0.3, 0.4) is 0 Å². The number of rotatable bonds is 4. The van der Waals surface area contributed by atoms with E-state index in [1.54, 1.807) is 42.5 Å². The lowest BCUT2D eigenvalue weighted by Gasteiger charge is -2.06. The van der Waals surface area contributed by atoms with Gasteiger partial charge in [0.15, 0.2) is 5.78 Å². The van der Waals surface area contributed by atoms with Crippen LogP contribution < -0.4 is 4.72 Å². The summed E-state index contributed by atoms with van der Waals surface area (Å²) >= 11 is 5.95. The van der Waals surface area contributed by atoms with Gasteiger partial charge in [-0.15, -0.1) is 0 Å². The van der Waals surface area contributed by atoms with E-state index in [4.69, 9.17) is 11.6 Å². The van der Waals surface area contributed by atoms with Crippen LogP contribution in [-0.2, 0) is 10.0 Å². The Morgan fingerprint density at radius 3 is 2.19 bits per heavy atom. The molecule has 0 spiro atoms. The summed E-state index contributed by atoms with van der Waals surface area (Å²) in [4.78, 5) is 12.3. The summed E-state index contributed by atoms with van der Waals surface area (Å²) in [6.07, 6.45) is 1.07. The highest BCUT2D eigenvalue weighted by Crippen LogP contribution is 2.19. The molecule has 21 heavy (non-hydrogen) atoms. The summed E-state index contributed by atoms with van der Waals surface area (Å²) in [5, 5.41) is 0.508. The number of halogens is 1. The molecule has 4 nitrogen and oxygen atoms in total. The lowest BCUT2D eigenvalue weighted by molar-refractivity contribution is 0.103. The van der Waals surface area contributed by atoms with E-state index in [2.05, 4.69) is 4.72 Å². The first-order chi connectivity index (χ1) is 9.74. The van der Waals surface area contributed by atoms with Crippen molar-refractivity contribution in [3.63, 3.8) is 0 Å². The second kappa shape index (κ2) is 5.87. The summed E-state index contributed by atoms with van der Waals surface area (Å²) in [5.74, 6) is -0.161. The van der Waals surface area contributed by atoms with Crippen molar-refractivity contribution < 1.29 is 13.2 Å². The van der Waals surface area contributed by atoms with Crippen LogP contribution >= 0.6 is 11.6 Å². The number of benzene rings is 2. The third kappa shape index (κ3) is 4.31. The monoisotopic (exact) mass is 323 g/mol. The highest BCUT2D eigenvalue weighted by Gasteiger charge is 2.11. The first-order valence-corrected chi connectivity index (χ1v) is 8.41. The molecule has 6 heteroatoms. The molecule has 0 aromatic heterocycles. The minimum absolute atomic E-state index is 0.161. The molecule has 0 amide bonds. The van der Waals surface area contributed by atoms with E-state index >= 15 is 0 Å². The quantitative estimate of drug-likeness (QED) is 0.878. The molecule has 0 atom stereocenters. The summed E-state index contributed by atoms with van der Waals surface area (Å²) < 4.78 is 24.6. The van der Waals surface area contributed by atoms with Gasteiger partial charge < -0.3 is 0 Å². The minimum atomic E-state index is -3.33. The van der Waals surface area contributed by atoms with Gasteiger partial charge in [0.2, 0.25) is 10.0 Å². The molecule has 0 radical (unpaired) electrons. The lowest BCUT2D eigenvalue weighted by atomic mass is 10.0. The molecule has 2 aromatic carbocycles. The molecule has 0 saturated carbocycles. The van der Waals surface area contributed by atoms with Crippen molar-refractivity contribution >= 4 is 33.1 Å². The minimum Gasteiger partial charge on any atom is -0.289 e.